The third kappa shape index (κ3) is 6.35. The number of hydrogen-bond acceptors (Lipinski definition) is 2. The Bertz CT molecular complexity index is 968. The van der Waals surface area contributed by atoms with Gasteiger partial charge >= 0.3 is 0 Å². The fourth-order valence-electron chi connectivity index (χ4n) is 4.21. The van der Waals surface area contributed by atoms with E-state index in [9.17, 15) is 5.11 Å². The molecule has 0 unspecified atom stereocenters. The van der Waals surface area contributed by atoms with Gasteiger partial charge < -0.3 is 9.84 Å². The van der Waals surface area contributed by atoms with Gasteiger partial charge in [-0.15, -0.1) is 0 Å². The number of rotatable bonds is 10. The van der Waals surface area contributed by atoms with Crippen LogP contribution in [0.5, 0.6) is 5.75 Å². The smallest absolute Gasteiger partial charge is 0.119 e. The molecule has 0 bridgehead atoms. The molecule has 176 valence electrons. The molecule has 0 spiro atoms. The first-order chi connectivity index (χ1) is 16.8. The predicted molar refractivity (Wildman–Crippen MR) is 148 cm³/mol. The van der Waals surface area contributed by atoms with E-state index in [4.69, 9.17) is 4.74 Å². The number of aliphatic hydroxyl groups is 1. The molecule has 0 aliphatic heterocycles. The lowest BCUT2D eigenvalue weighted by molar-refractivity contribution is 0.281. The Morgan fingerprint density at radius 2 is 1.03 bits per heavy atom. The van der Waals surface area contributed by atoms with Gasteiger partial charge in [0, 0.05) is 0 Å². The Balaban J connectivity index is 0.00000158. The second kappa shape index (κ2) is 13.7. The normalized spacial score (nSPS) is 10.8. The zero-order valence-corrected chi connectivity index (χ0v) is 21.2. The van der Waals surface area contributed by atoms with E-state index in [1.54, 1.807) is 0 Å². The standard InChI is InChI=1S/C29H30O2P.C2H6/c30-24-25-18-20-26(21-19-25)31-22-10-11-23-32(27-12-4-1-5-13-27,28-14-6-2-7-15-28)29-16-8-3-9-17-29;1-2/h1-9,12-21,30H,10-11,22-24H2;1-2H3/q+1;. The molecule has 34 heavy (non-hydrogen) atoms. The van der Waals surface area contributed by atoms with Crippen molar-refractivity contribution in [3.8, 4) is 5.75 Å². The summed E-state index contributed by atoms with van der Waals surface area (Å²) < 4.78 is 5.97. The van der Waals surface area contributed by atoms with Crippen LogP contribution in [0.1, 0.15) is 32.3 Å². The molecule has 0 fully saturated rings. The average molecular weight is 472 g/mol. The van der Waals surface area contributed by atoms with E-state index in [1.807, 2.05) is 38.1 Å². The van der Waals surface area contributed by atoms with Crippen LogP contribution in [-0.2, 0) is 6.61 Å². The molecule has 0 saturated heterocycles. The second-order valence-corrected chi connectivity index (χ2v) is 11.5. The fraction of sp³-hybridized carbons (Fsp3) is 0.226. The highest BCUT2D eigenvalue weighted by Gasteiger charge is 2.44. The van der Waals surface area contributed by atoms with E-state index in [0.29, 0.717) is 6.61 Å². The number of hydrogen-bond donors (Lipinski definition) is 1. The van der Waals surface area contributed by atoms with E-state index in [1.165, 1.54) is 15.9 Å². The summed E-state index contributed by atoms with van der Waals surface area (Å²) >= 11 is 0. The molecule has 3 heteroatoms. The summed E-state index contributed by atoms with van der Waals surface area (Å²) in [4.78, 5) is 0. The van der Waals surface area contributed by atoms with Crippen LogP contribution >= 0.6 is 7.26 Å². The summed E-state index contributed by atoms with van der Waals surface area (Å²) in [6.45, 7) is 4.75. The van der Waals surface area contributed by atoms with Crippen molar-refractivity contribution >= 4 is 23.2 Å². The lowest BCUT2D eigenvalue weighted by atomic mass is 10.2. The number of unbranched alkanes of at least 4 members (excludes halogenated alkanes) is 1. The monoisotopic (exact) mass is 471 g/mol. The molecule has 2 nitrogen and oxygen atoms in total. The highest BCUT2D eigenvalue weighted by Crippen LogP contribution is 2.55. The lowest BCUT2D eigenvalue weighted by Gasteiger charge is -2.27. The Morgan fingerprint density at radius 1 is 0.588 bits per heavy atom. The quantitative estimate of drug-likeness (QED) is 0.215. The minimum absolute atomic E-state index is 0.0600. The van der Waals surface area contributed by atoms with Crippen molar-refractivity contribution < 1.29 is 9.84 Å². The van der Waals surface area contributed by atoms with Gasteiger partial charge in [-0.1, -0.05) is 80.6 Å². The predicted octanol–water partition coefficient (Wildman–Crippen LogP) is 6.36. The lowest BCUT2D eigenvalue weighted by Crippen LogP contribution is -2.33. The van der Waals surface area contributed by atoms with Crippen molar-refractivity contribution in [2.75, 3.05) is 12.8 Å². The van der Waals surface area contributed by atoms with E-state index in [2.05, 4.69) is 91.0 Å². The number of ether oxygens (including phenoxy) is 1. The summed E-state index contributed by atoms with van der Waals surface area (Å²) in [7, 11) is -1.76. The maximum Gasteiger partial charge on any atom is 0.119 e. The first-order valence-corrected chi connectivity index (χ1v) is 14.2. The first kappa shape index (κ1) is 25.7. The van der Waals surface area contributed by atoms with Crippen molar-refractivity contribution in [2.45, 2.75) is 33.3 Å². The van der Waals surface area contributed by atoms with Gasteiger partial charge in [-0.25, -0.2) is 0 Å². The zero-order chi connectivity index (χ0) is 24.1. The maximum atomic E-state index is 9.19. The minimum atomic E-state index is -1.76. The molecule has 1 N–H and O–H groups in total. The minimum Gasteiger partial charge on any atom is -0.494 e. The molecular formula is C31H36O2P+. The molecule has 0 heterocycles. The molecule has 0 atom stereocenters. The molecule has 0 amide bonds. The van der Waals surface area contributed by atoms with Crippen molar-refractivity contribution in [2.24, 2.45) is 0 Å². The first-order valence-electron chi connectivity index (χ1n) is 12.2. The van der Waals surface area contributed by atoms with Crippen LogP contribution in [0.25, 0.3) is 0 Å². The van der Waals surface area contributed by atoms with Gasteiger partial charge in [0.15, 0.2) is 0 Å². The second-order valence-electron chi connectivity index (χ2n) is 7.90. The molecule has 0 saturated carbocycles. The third-order valence-electron chi connectivity index (χ3n) is 5.85. The van der Waals surface area contributed by atoms with E-state index >= 15 is 0 Å². The van der Waals surface area contributed by atoms with Gasteiger partial charge in [-0.05, 0) is 66.9 Å². The number of benzene rings is 4. The van der Waals surface area contributed by atoms with Crippen LogP contribution in [0.15, 0.2) is 115 Å². The van der Waals surface area contributed by atoms with Gasteiger partial charge in [0.1, 0.15) is 28.9 Å². The van der Waals surface area contributed by atoms with E-state index in [0.717, 1.165) is 30.3 Å². The van der Waals surface area contributed by atoms with Gasteiger partial charge in [-0.3, -0.25) is 0 Å². The Kier molecular flexibility index (Phi) is 10.3. The molecule has 4 rings (SSSR count). The highest BCUT2D eigenvalue weighted by molar-refractivity contribution is 7.95. The Hall–Kier alpha value is -2.93. The molecular weight excluding hydrogens is 435 g/mol. The van der Waals surface area contributed by atoms with Gasteiger partial charge in [0.05, 0.1) is 19.4 Å². The highest BCUT2D eigenvalue weighted by atomic mass is 31.2. The number of aliphatic hydroxyl groups excluding tert-OH is 1. The van der Waals surface area contributed by atoms with Crippen molar-refractivity contribution in [1.29, 1.82) is 0 Å². The summed E-state index contributed by atoms with van der Waals surface area (Å²) in [5, 5.41) is 13.5. The zero-order valence-electron chi connectivity index (χ0n) is 20.3. The molecule has 4 aromatic rings. The average Bonchev–Trinajstić information content (AvgIpc) is 2.94. The van der Waals surface area contributed by atoms with Crippen LogP contribution in [0.3, 0.4) is 0 Å². The third-order valence-corrected chi connectivity index (χ3v) is 10.4. The van der Waals surface area contributed by atoms with Gasteiger partial charge in [-0.2, -0.15) is 0 Å². The van der Waals surface area contributed by atoms with Gasteiger partial charge in [0.25, 0.3) is 0 Å². The largest absolute Gasteiger partial charge is 0.494 e. The van der Waals surface area contributed by atoms with Crippen molar-refractivity contribution in [3.63, 3.8) is 0 Å². The molecule has 0 radical (unpaired) electrons. The molecule has 0 aromatic heterocycles. The molecule has 0 aliphatic carbocycles. The van der Waals surface area contributed by atoms with E-state index in [-0.39, 0.29) is 6.61 Å². The van der Waals surface area contributed by atoms with Crippen LogP contribution in [-0.4, -0.2) is 17.9 Å². The topological polar surface area (TPSA) is 29.5 Å². The van der Waals surface area contributed by atoms with Crippen LogP contribution in [0.4, 0.5) is 0 Å². The molecule has 4 aromatic carbocycles. The van der Waals surface area contributed by atoms with Gasteiger partial charge in [0.2, 0.25) is 0 Å². The van der Waals surface area contributed by atoms with Crippen molar-refractivity contribution in [3.05, 3.63) is 121 Å². The Morgan fingerprint density at radius 3 is 1.44 bits per heavy atom. The summed E-state index contributed by atoms with van der Waals surface area (Å²) in [6.07, 6.45) is 3.19. The summed E-state index contributed by atoms with van der Waals surface area (Å²) in [6, 6.07) is 40.7. The van der Waals surface area contributed by atoms with Crippen molar-refractivity contribution in [1.82, 2.24) is 0 Å². The summed E-state index contributed by atoms with van der Waals surface area (Å²) in [5.41, 5.74) is 0.903. The molecule has 0 aliphatic rings. The van der Waals surface area contributed by atoms with Crippen LogP contribution < -0.4 is 20.7 Å². The Labute approximate surface area is 205 Å². The van der Waals surface area contributed by atoms with Crippen LogP contribution in [0.2, 0.25) is 0 Å². The van der Waals surface area contributed by atoms with Crippen LogP contribution in [0, 0.1) is 0 Å². The van der Waals surface area contributed by atoms with E-state index < -0.39 is 7.26 Å². The SMILES string of the molecule is CC.OCc1ccc(OCCCC[P+](c2ccccc2)(c2ccccc2)c2ccccc2)cc1. The maximum absolute atomic E-state index is 9.19. The summed E-state index contributed by atoms with van der Waals surface area (Å²) in [5.74, 6) is 0.859. The fourth-order valence-corrected chi connectivity index (χ4v) is 8.62.